The Balaban J connectivity index is 1.72. The molecule has 1 aliphatic heterocycles. The number of carboxylic acid groups (broad SMARTS) is 1. The van der Waals surface area contributed by atoms with Gasteiger partial charge in [-0.1, -0.05) is 44.9 Å². The number of unbranched alkanes of at least 4 members (excludes halogenated alkanes) is 7. The fourth-order valence-electron chi connectivity index (χ4n) is 2.57. The number of rotatable bonds is 11. The third-order valence-electron chi connectivity index (χ3n) is 3.68. The van der Waals surface area contributed by atoms with Crippen molar-refractivity contribution >= 4 is 5.97 Å². The number of carbonyl (C=O) groups excluding carboxylic acids is 1. The molecule has 0 aliphatic carbocycles. The zero-order valence-corrected chi connectivity index (χ0v) is 11.5. The summed E-state index contributed by atoms with van der Waals surface area (Å²) in [5.74, 6) is -0.913. The first-order valence-corrected chi connectivity index (χ1v) is 7.60. The van der Waals surface area contributed by atoms with Crippen LogP contribution in [0, 0.1) is 0 Å². The van der Waals surface area contributed by atoms with Crippen molar-refractivity contribution < 1.29 is 14.6 Å². The monoisotopic (exact) mass is 255 g/mol. The molecular formula is C15H27O3-. The molecule has 1 saturated heterocycles. The second-order valence-electron chi connectivity index (χ2n) is 5.37. The Morgan fingerprint density at radius 1 is 1.00 bits per heavy atom. The molecule has 3 heteroatoms. The van der Waals surface area contributed by atoms with Crippen molar-refractivity contribution in [3.63, 3.8) is 0 Å². The van der Waals surface area contributed by atoms with E-state index in [0.29, 0.717) is 6.10 Å². The normalized spacial score (nSPS) is 19.2. The first-order valence-electron chi connectivity index (χ1n) is 7.60. The molecule has 0 bridgehead atoms. The van der Waals surface area contributed by atoms with E-state index in [2.05, 4.69) is 0 Å². The molecule has 1 atom stereocenters. The first kappa shape index (κ1) is 15.5. The van der Waals surface area contributed by atoms with Gasteiger partial charge >= 0.3 is 0 Å². The average molecular weight is 255 g/mol. The Morgan fingerprint density at radius 2 is 1.61 bits per heavy atom. The van der Waals surface area contributed by atoms with Crippen LogP contribution in [0.5, 0.6) is 0 Å². The number of hydrogen-bond acceptors (Lipinski definition) is 3. The van der Waals surface area contributed by atoms with Crippen LogP contribution in [0.1, 0.15) is 77.0 Å². The number of ether oxygens (including phenoxy) is 1. The van der Waals surface area contributed by atoms with Crippen LogP contribution in [0.15, 0.2) is 0 Å². The smallest absolute Gasteiger partial charge is 0.0576 e. The van der Waals surface area contributed by atoms with E-state index in [1.807, 2.05) is 0 Å². The van der Waals surface area contributed by atoms with Crippen molar-refractivity contribution in [1.29, 1.82) is 0 Å². The molecule has 0 radical (unpaired) electrons. The summed E-state index contributed by atoms with van der Waals surface area (Å²) >= 11 is 0. The van der Waals surface area contributed by atoms with E-state index in [0.717, 1.165) is 19.4 Å². The molecule has 0 N–H and O–H groups in total. The number of carboxylic acids is 1. The van der Waals surface area contributed by atoms with Crippen molar-refractivity contribution in [3.05, 3.63) is 0 Å². The zero-order chi connectivity index (χ0) is 13.1. The van der Waals surface area contributed by atoms with Crippen LogP contribution in [0.2, 0.25) is 0 Å². The van der Waals surface area contributed by atoms with Gasteiger partial charge in [0.05, 0.1) is 6.10 Å². The predicted octanol–water partition coefficient (Wildman–Crippen LogP) is 2.82. The molecule has 0 unspecified atom stereocenters. The summed E-state index contributed by atoms with van der Waals surface area (Å²) in [5, 5.41) is 10.2. The van der Waals surface area contributed by atoms with E-state index in [9.17, 15) is 9.90 Å². The molecule has 0 aromatic heterocycles. The highest BCUT2D eigenvalue weighted by molar-refractivity contribution is 5.63. The standard InChI is InChI=1S/C15H28O3/c16-15(17)12-8-6-4-2-1-3-5-7-10-14-11-9-13-18-14/h14H,1-13H2,(H,16,17)/p-1/t14-/m0/s1. The Labute approximate surface area is 111 Å². The summed E-state index contributed by atoms with van der Waals surface area (Å²) in [6.45, 7) is 0.969. The van der Waals surface area contributed by atoms with Gasteiger partial charge in [0.1, 0.15) is 0 Å². The van der Waals surface area contributed by atoms with Crippen LogP contribution in [0.25, 0.3) is 0 Å². The molecule has 0 aromatic carbocycles. The molecule has 1 aliphatic rings. The molecule has 1 rings (SSSR count). The van der Waals surface area contributed by atoms with Gasteiger partial charge < -0.3 is 14.6 Å². The topological polar surface area (TPSA) is 49.4 Å². The quantitative estimate of drug-likeness (QED) is 0.533. The van der Waals surface area contributed by atoms with E-state index in [1.165, 1.54) is 57.8 Å². The van der Waals surface area contributed by atoms with Crippen LogP contribution in [-0.2, 0) is 9.53 Å². The van der Waals surface area contributed by atoms with Gasteiger partial charge in [-0.15, -0.1) is 0 Å². The Hall–Kier alpha value is -0.570. The lowest BCUT2D eigenvalue weighted by Crippen LogP contribution is -2.21. The summed E-state index contributed by atoms with van der Waals surface area (Å²) in [7, 11) is 0. The summed E-state index contributed by atoms with van der Waals surface area (Å²) < 4.78 is 5.59. The van der Waals surface area contributed by atoms with Gasteiger partial charge in [0.15, 0.2) is 0 Å². The third kappa shape index (κ3) is 8.51. The minimum absolute atomic E-state index is 0.224. The van der Waals surface area contributed by atoms with Crippen molar-refractivity contribution in [3.8, 4) is 0 Å². The van der Waals surface area contributed by atoms with Gasteiger partial charge in [0.2, 0.25) is 0 Å². The van der Waals surface area contributed by atoms with Gasteiger partial charge in [0.25, 0.3) is 0 Å². The fourth-order valence-corrected chi connectivity index (χ4v) is 2.57. The molecular weight excluding hydrogens is 228 g/mol. The molecule has 0 spiro atoms. The summed E-state index contributed by atoms with van der Waals surface area (Å²) in [6, 6.07) is 0. The maximum atomic E-state index is 10.2. The molecule has 18 heavy (non-hydrogen) atoms. The van der Waals surface area contributed by atoms with Gasteiger partial charge in [-0.05, 0) is 32.1 Å². The summed E-state index contributed by atoms with van der Waals surface area (Å²) in [4.78, 5) is 10.2. The van der Waals surface area contributed by atoms with Crippen molar-refractivity contribution in [2.45, 2.75) is 83.2 Å². The Bertz CT molecular complexity index is 210. The summed E-state index contributed by atoms with van der Waals surface area (Å²) in [5.41, 5.74) is 0. The van der Waals surface area contributed by atoms with Crippen LogP contribution in [0.4, 0.5) is 0 Å². The second-order valence-corrected chi connectivity index (χ2v) is 5.37. The van der Waals surface area contributed by atoms with E-state index in [1.54, 1.807) is 0 Å². The molecule has 0 amide bonds. The van der Waals surface area contributed by atoms with Gasteiger partial charge in [0, 0.05) is 12.6 Å². The van der Waals surface area contributed by atoms with Crippen molar-refractivity contribution in [2.24, 2.45) is 0 Å². The first-order chi connectivity index (χ1) is 8.79. The minimum Gasteiger partial charge on any atom is -0.550 e. The molecule has 1 fully saturated rings. The highest BCUT2D eigenvalue weighted by atomic mass is 16.5. The van der Waals surface area contributed by atoms with Gasteiger partial charge in [-0.2, -0.15) is 0 Å². The van der Waals surface area contributed by atoms with Crippen LogP contribution < -0.4 is 5.11 Å². The van der Waals surface area contributed by atoms with Gasteiger partial charge in [-0.3, -0.25) is 0 Å². The SMILES string of the molecule is O=C([O-])CCCCCCCCCC[C@H]1CCCO1. The maximum absolute atomic E-state index is 10.2. The van der Waals surface area contributed by atoms with Crippen LogP contribution in [-0.4, -0.2) is 18.7 Å². The molecule has 3 nitrogen and oxygen atoms in total. The highest BCUT2D eigenvalue weighted by Gasteiger charge is 2.14. The van der Waals surface area contributed by atoms with E-state index in [4.69, 9.17) is 4.74 Å². The zero-order valence-electron chi connectivity index (χ0n) is 11.5. The molecule has 0 aromatic rings. The van der Waals surface area contributed by atoms with Crippen molar-refractivity contribution in [2.75, 3.05) is 6.61 Å². The second kappa shape index (κ2) is 10.4. The van der Waals surface area contributed by atoms with Crippen molar-refractivity contribution in [1.82, 2.24) is 0 Å². The predicted molar refractivity (Wildman–Crippen MR) is 70.2 cm³/mol. The van der Waals surface area contributed by atoms with E-state index >= 15 is 0 Å². The lowest BCUT2D eigenvalue weighted by atomic mass is 10.0. The largest absolute Gasteiger partial charge is 0.550 e. The maximum Gasteiger partial charge on any atom is 0.0576 e. The lowest BCUT2D eigenvalue weighted by molar-refractivity contribution is -0.305. The molecule has 1 heterocycles. The fraction of sp³-hybridized carbons (Fsp3) is 0.933. The number of aliphatic carboxylic acids is 1. The number of carbonyl (C=O) groups is 1. The highest BCUT2D eigenvalue weighted by Crippen LogP contribution is 2.19. The van der Waals surface area contributed by atoms with Crippen LogP contribution in [0.3, 0.4) is 0 Å². The third-order valence-corrected chi connectivity index (χ3v) is 3.68. The van der Waals surface area contributed by atoms with Gasteiger partial charge in [-0.25, -0.2) is 0 Å². The van der Waals surface area contributed by atoms with Crippen LogP contribution >= 0.6 is 0 Å². The Morgan fingerprint density at radius 3 is 2.17 bits per heavy atom. The average Bonchev–Trinajstić information content (AvgIpc) is 2.84. The minimum atomic E-state index is -0.913. The number of hydrogen-bond donors (Lipinski definition) is 0. The lowest BCUT2D eigenvalue weighted by Gasteiger charge is -2.08. The Kier molecular flexibility index (Phi) is 8.92. The summed E-state index contributed by atoms with van der Waals surface area (Å²) in [6.07, 6.45) is 14.0. The molecule has 0 saturated carbocycles. The van der Waals surface area contributed by atoms with E-state index < -0.39 is 5.97 Å². The molecule has 106 valence electrons. The van der Waals surface area contributed by atoms with E-state index in [-0.39, 0.29) is 6.42 Å².